The number of piperazine rings is 1. The quantitative estimate of drug-likeness (QED) is 0.724. The highest BCUT2D eigenvalue weighted by atomic mass is 16.5. The Morgan fingerprint density at radius 3 is 2.77 bits per heavy atom. The van der Waals surface area contributed by atoms with Gasteiger partial charge in [0.05, 0.1) is 0 Å². The first-order valence-electron chi connectivity index (χ1n) is 8.22. The average Bonchev–Trinajstić information content (AvgIpc) is 2.59. The highest BCUT2D eigenvalue weighted by Gasteiger charge is 2.24. The molecule has 0 aliphatic carbocycles. The van der Waals surface area contributed by atoms with Crippen molar-refractivity contribution in [2.45, 2.75) is 32.7 Å². The van der Waals surface area contributed by atoms with Crippen LogP contribution in [0.5, 0.6) is 0 Å². The summed E-state index contributed by atoms with van der Waals surface area (Å²) in [5.41, 5.74) is 1.24. The number of nitrogens with zero attached hydrogens (tertiary/aromatic N) is 3. The van der Waals surface area contributed by atoms with Gasteiger partial charge in [0.1, 0.15) is 0 Å². The number of amides is 1. The Labute approximate surface area is 133 Å². The van der Waals surface area contributed by atoms with E-state index < -0.39 is 0 Å². The second-order valence-corrected chi connectivity index (χ2v) is 5.68. The minimum absolute atomic E-state index is 0.258. The number of carbonyl (C=O) groups is 1. The molecule has 1 atom stereocenters. The van der Waals surface area contributed by atoms with Gasteiger partial charge in [0.25, 0.3) is 0 Å². The van der Waals surface area contributed by atoms with Crippen molar-refractivity contribution in [1.29, 1.82) is 0 Å². The summed E-state index contributed by atoms with van der Waals surface area (Å²) in [6.07, 6.45) is 5.14. The van der Waals surface area contributed by atoms with Crippen LogP contribution in [0.15, 0.2) is 24.5 Å². The Hall–Kier alpha value is -1.46. The Balaban J connectivity index is 1.74. The van der Waals surface area contributed by atoms with Crippen molar-refractivity contribution in [3.8, 4) is 0 Å². The summed E-state index contributed by atoms with van der Waals surface area (Å²) < 4.78 is 5.28. The summed E-state index contributed by atoms with van der Waals surface area (Å²) in [5, 5.41) is 0. The van der Waals surface area contributed by atoms with Gasteiger partial charge in [0.15, 0.2) is 0 Å². The molecule has 22 heavy (non-hydrogen) atoms. The molecule has 1 aromatic heterocycles. The normalized spacial score (nSPS) is 17.5. The largest absolute Gasteiger partial charge is 0.382 e. The third-order valence-corrected chi connectivity index (χ3v) is 4.26. The first kappa shape index (κ1) is 16.9. The highest BCUT2D eigenvalue weighted by Crippen LogP contribution is 2.20. The number of hydrogen-bond donors (Lipinski definition) is 0. The van der Waals surface area contributed by atoms with Gasteiger partial charge in [0, 0.05) is 64.2 Å². The molecule has 1 aliphatic heterocycles. The number of ether oxygens (including phenoxy) is 1. The molecule has 1 saturated heterocycles. The first-order chi connectivity index (χ1) is 10.7. The van der Waals surface area contributed by atoms with E-state index in [0.29, 0.717) is 19.1 Å². The third-order valence-electron chi connectivity index (χ3n) is 4.26. The molecule has 1 aromatic rings. The molecular formula is C17H27N3O2. The molecule has 1 amide bonds. The average molecular weight is 305 g/mol. The van der Waals surface area contributed by atoms with Gasteiger partial charge >= 0.3 is 0 Å². The van der Waals surface area contributed by atoms with Crippen LogP contribution in [0.3, 0.4) is 0 Å². The molecule has 0 saturated carbocycles. The van der Waals surface area contributed by atoms with E-state index in [2.05, 4.69) is 22.9 Å². The maximum atomic E-state index is 12.1. The van der Waals surface area contributed by atoms with Crippen molar-refractivity contribution in [3.63, 3.8) is 0 Å². The zero-order valence-corrected chi connectivity index (χ0v) is 13.7. The summed E-state index contributed by atoms with van der Waals surface area (Å²) in [5.74, 6) is 0.258. The lowest BCUT2D eigenvalue weighted by Gasteiger charge is -2.38. The van der Waals surface area contributed by atoms with Crippen LogP contribution in [0.1, 0.15) is 38.3 Å². The lowest BCUT2D eigenvalue weighted by Crippen LogP contribution is -2.49. The van der Waals surface area contributed by atoms with Gasteiger partial charge in [-0.25, -0.2) is 0 Å². The van der Waals surface area contributed by atoms with E-state index in [4.69, 9.17) is 4.74 Å². The maximum absolute atomic E-state index is 12.1. The number of carbonyl (C=O) groups excluding carboxylic acids is 1. The van der Waals surface area contributed by atoms with Crippen molar-refractivity contribution >= 4 is 5.91 Å². The topological polar surface area (TPSA) is 45.7 Å². The van der Waals surface area contributed by atoms with Gasteiger partial charge in [0.2, 0.25) is 5.91 Å². The highest BCUT2D eigenvalue weighted by molar-refractivity contribution is 5.76. The summed E-state index contributed by atoms with van der Waals surface area (Å²) in [6.45, 7) is 9.07. The maximum Gasteiger partial charge on any atom is 0.222 e. The van der Waals surface area contributed by atoms with Crippen molar-refractivity contribution in [2.75, 3.05) is 39.4 Å². The predicted molar refractivity (Wildman–Crippen MR) is 86.5 cm³/mol. The van der Waals surface area contributed by atoms with E-state index in [1.54, 1.807) is 6.20 Å². The standard InChI is InChI=1S/C17H27N3O2/c1-3-22-13-5-7-17(21)20-11-9-19(10-12-20)15(2)16-6-4-8-18-14-16/h4,6,8,14-15H,3,5,7,9-13H2,1-2H3/t15-/m1/s1. The second-order valence-electron chi connectivity index (χ2n) is 5.68. The molecule has 1 aliphatic rings. The van der Waals surface area contributed by atoms with E-state index in [9.17, 15) is 4.79 Å². The molecule has 0 spiro atoms. The van der Waals surface area contributed by atoms with E-state index in [0.717, 1.165) is 39.2 Å². The van der Waals surface area contributed by atoms with Crippen LogP contribution in [0, 0.1) is 0 Å². The van der Waals surface area contributed by atoms with Crippen molar-refractivity contribution in [1.82, 2.24) is 14.8 Å². The summed E-state index contributed by atoms with van der Waals surface area (Å²) in [7, 11) is 0. The Morgan fingerprint density at radius 1 is 1.36 bits per heavy atom. The molecule has 0 radical (unpaired) electrons. The smallest absolute Gasteiger partial charge is 0.222 e. The van der Waals surface area contributed by atoms with E-state index >= 15 is 0 Å². The van der Waals surface area contributed by atoms with Crippen molar-refractivity contribution in [2.24, 2.45) is 0 Å². The van der Waals surface area contributed by atoms with Crippen LogP contribution in [0.25, 0.3) is 0 Å². The Kier molecular flexibility index (Phi) is 6.80. The lowest BCUT2D eigenvalue weighted by atomic mass is 10.1. The van der Waals surface area contributed by atoms with E-state index in [1.807, 2.05) is 24.1 Å². The molecule has 1 fully saturated rings. The van der Waals surface area contributed by atoms with Gasteiger partial charge in [-0.1, -0.05) is 6.07 Å². The Morgan fingerprint density at radius 2 is 2.14 bits per heavy atom. The van der Waals surface area contributed by atoms with Crippen LogP contribution >= 0.6 is 0 Å². The minimum Gasteiger partial charge on any atom is -0.382 e. The van der Waals surface area contributed by atoms with Crippen LogP contribution in [-0.4, -0.2) is 60.1 Å². The van der Waals surface area contributed by atoms with Crippen molar-refractivity contribution < 1.29 is 9.53 Å². The SMILES string of the molecule is CCOCCCC(=O)N1CCN([C@H](C)c2cccnc2)CC1. The molecule has 0 bridgehead atoms. The fourth-order valence-electron chi connectivity index (χ4n) is 2.82. The molecule has 5 heteroatoms. The van der Waals surface area contributed by atoms with Gasteiger partial charge in [-0.15, -0.1) is 0 Å². The fourth-order valence-corrected chi connectivity index (χ4v) is 2.82. The molecule has 0 aromatic carbocycles. The summed E-state index contributed by atoms with van der Waals surface area (Å²) in [6, 6.07) is 4.44. The summed E-state index contributed by atoms with van der Waals surface area (Å²) in [4.78, 5) is 20.7. The second kappa shape index (κ2) is 8.86. The minimum atomic E-state index is 0.258. The zero-order chi connectivity index (χ0) is 15.8. The van der Waals surface area contributed by atoms with Gasteiger partial charge < -0.3 is 9.64 Å². The third kappa shape index (κ3) is 4.78. The molecule has 0 N–H and O–H groups in total. The number of rotatable bonds is 7. The number of hydrogen-bond acceptors (Lipinski definition) is 4. The molecule has 2 heterocycles. The Bertz CT molecular complexity index is 444. The van der Waals surface area contributed by atoms with Crippen LogP contribution < -0.4 is 0 Å². The molecular weight excluding hydrogens is 278 g/mol. The monoisotopic (exact) mass is 305 g/mol. The summed E-state index contributed by atoms with van der Waals surface area (Å²) >= 11 is 0. The van der Waals surface area contributed by atoms with Crippen LogP contribution in [0.2, 0.25) is 0 Å². The van der Waals surface area contributed by atoms with Gasteiger partial charge in [-0.3, -0.25) is 14.7 Å². The molecule has 122 valence electrons. The first-order valence-corrected chi connectivity index (χ1v) is 8.22. The van der Waals surface area contributed by atoms with E-state index in [1.165, 1.54) is 5.56 Å². The predicted octanol–water partition coefficient (Wildman–Crippen LogP) is 2.10. The molecule has 5 nitrogen and oxygen atoms in total. The lowest BCUT2D eigenvalue weighted by molar-refractivity contribution is -0.133. The fraction of sp³-hybridized carbons (Fsp3) is 0.647. The number of pyridine rings is 1. The van der Waals surface area contributed by atoms with Gasteiger partial charge in [-0.05, 0) is 31.9 Å². The zero-order valence-electron chi connectivity index (χ0n) is 13.7. The molecule has 2 rings (SSSR count). The number of aromatic nitrogens is 1. The van der Waals surface area contributed by atoms with Crippen LogP contribution in [-0.2, 0) is 9.53 Å². The van der Waals surface area contributed by atoms with Crippen molar-refractivity contribution in [3.05, 3.63) is 30.1 Å². The van der Waals surface area contributed by atoms with E-state index in [-0.39, 0.29) is 5.91 Å². The van der Waals surface area contributed by atoms with Crippen LogP contribution in [0.4, 0.5) is 0 Å². The molecule has 0 unspecified atom stereocenters. The van der Waals surface area contributed by atoms with Gasteiger partial charge in [-0.2, -0.15) is 0 Å².